The molecule has 2 heterocycles. The van der Waals surface area contributed by atoms with Crippen LogP contribution in [0.2, 0.25) is 0 Å². The molecule has 0 unspecified atom stereocenters. The van der Waals surface area contributed by atoms with Gasteiger partial charge >= 0.3 is 0 Å². The third-order valence-electron chi connectivity index (χ3n) is 5.66. The maximum Gasteiger partial charge on any atom is 0.0495 e. The predicted octanol–water partition coefficient (Wildman–Crippen LogP) is 3.68. The Balaban J connectivity index is 1.37. The topological polar surface area (TPSA) is 24.5 Å². The van der Waals surface area contributed by atoms with Crippen molar-refractivity contribution in [2.45, 2.75) is 52.0 Å². The number of piperidine rings is 1. The van der Waals surface area contributed by atoms with Gasteiger partial charge in [-0.2, -0.15) is 0 Å². The van der Waals surface area contributed by atoms with Crippen LogP contribution in [0.1, 0.15) is 43.2 Å². The molecule has 128 valence electrons. The SMILES string of the molecule is Cc1cccc(N2CCC(NCCC[C@@H]3CCOC3)CC2)c1C. The molecule has 0 spiro atoms. The number of hydrogen-bond acceptors (Lipinski definition) is 3. The molecular weight excluding hydrogens is 284 g/mol. The van der Waals surface area contributed by atoms with Crippen LogP contribution in [-0.2, 0) is 4.74 Å². The molecule has 0 amide bonds. The van der Waals surface area contributed by atoms with Crippen molar-refractivity contribution in [1.82, 2.24) is 5.32 Å². The van der Waals surface area contributed by atoms with Gasteiger partial charge in [-0.05, 0) is 75.6 Å². The number of ether oxygens (including phenoxy) is 1. The summed E-state index contributed by atoms with van der Waals surface area (Å²) in [6, 6.07) is 7.38. The Morgan fingerprint density at radius 2 is 2.00 bits per heavy atom. The van der Waals surface area contributed by atoms with E-state index in [0.717, 1.165) is 19.1 Å². The molecule has 2 saturated heterocycles. The number of hydrogen-bond donors (Lipinski definition) is 1. The lowest BCUT2D eigenvalue weighted by Crippen LogP contribution is -2.43. The normalized spacial score (nSPS) is 22.7. The Morgan fingerprint density at radius 1 is 1.17 bits per heavy atom. The minimum absolute atomic E-state index is 0.705. The van der Waals surface area contributed by atoms with Crippen LogP contribution in [0.15, 0.2) is 18.2 Å². The van der Waals surface area contributed by atoms with Crippen molar-refractivity contribution in [3.63, 3.8) is 0 Å². The lowest BCUT2D eigenvalue weighted by molar-refractivity contribution is 0.183. The van der Waals surface area contributed by atoms with Crippen LogP contribution in [0.3, 0.4) is 0 Å². The van der Waals surface area contributed by atoms with Crippen LogP contribution in [-0.4, -0.2) is 38.9 Å². The molecule has 1 aromatic carbocycles. The second-order valence-electron chi connectivity index (χ2n) is 7.31. The Morgan fingerprint density at radius 3 is 2.74 bits per heavy atom. The fraction of sp³-hybridized carbons (Fsp3) is 0.700. The first-order valence-electron chi connectivity index (χ1n) is 9.36. The molecule has 1 aromatic rings. The van der Waals surface area contributed by atoms with E-state index in [1.54, 1.807) is 0 Å². The first-order valence-corrected chi connectivity index (χ1v) is 9.36. The molecule has 0 bridgehead atoms. The fourth-order valence-electron chi connectivity index (χ4n) is 3.91. The quantitative estimate of drug-likeness (QED) is 0.810. The van der Waals surface area contributed by atoms with Crippen LogP contribution in [0.5, 0.6) is 0 Å². The number of aryl methyl sites for hydroxylation is 1. The van der Waals surface area contributed by atoms with E-state index in [1.807, 2.05) is 0 Å². The molecule has 2 fully saturated rings. The van der Waals surface area contributed by atoms with Gasteiger partial charge in [0.15, 0.2) is 0 Å². The summed E-state index contributed by atoms with van der Waals surface area (Å²) in [4.78, 5) is 2.57. The summed E-state index contributed by atoms with van der Waals surface area (Å²) in [5, 5.41) is 3.78. The van der Waals surface area contributed by atoms with E-state index < -0.39 is 0 Å². The molecule has 1 N–H and O–H groups in total. The lowest BCUT2D eigenvalue weighted by Gasteiger charge is -2.35. The van der Waals surface area contributed by atoms with Gasteiger partial charge in [0.05, 0.1) is 0 Å². The van der Waals surface area contributed by atoms with Gasteiger partial charge in [-0.15, -0.1) is 0 Å². The summed E-state index contributed by atoms with van der Waals surface area (Å²) in [5.41, 5.74) is 4.28. The molecule has 0 aliphatic carbocycles. The minimum Gasteiger partial charge on any atom is -0.381 e. The third kappa shape index (κ3) is 4.48. The van der Waals surface area contributed by atoms with Crippen molar-refractivity contribution in [3.05, 3.63) is 29.3 Å². The highest BCUT2D eigenvalue weighted by atomic mass is 16.5. The van der Waals surface area contributed by atoms with Crippen molar-refractivity contribution in [2.24, 2.45) is 5.92 Å². The van der Waals surface area contributed by atoms with Crippen LogP contribution in [0.4, 0.5) is 5.69 Å². The van der Waals surface area contributed by atoms with Crippen LogP contribution in [0.25, 0.3) is 0 Å². The smallest absolute Gasteiger partial charge is 0.0495 e. The number of benzene rings is 1. The van der Waals surface area contributed by atoms with E-state index >= 15 is 0 Å². The van der Waals surface area contributed by atoms with Gasteiger partial charge in [-0.1, -0.05) is 12.1 Å². The van der Waals surface area contributed by atoms with Gasteiger partial charge in [0.25, 0.3) is 0 Å². The molecule has 3 rings (SSSR count). The van der Waals surface area contributed by atoms with Crippen molar-refractivity contribution in [2.75, 3.05) is 37.7 Å². The molecular formula is C20H32N2O. The van der Waals surface area contributed by atoms with Crippen molar-refractivity contribution >= 4 is 5.69 Å². The highest BCUT2D eigenvalue weighted by molar-refractivity contribution is 5.56. The zero-order chi connectivity index (χ0) is 16.1. The van der Waals surface area contributed by atoms with Gasteiger partial charge in [-0.3, -0.25) is 0 Å². The van der Waals surface area contributed by atoms with Crippen molar-refractivity contribution in [1.29, 1.82) is 0 Å². The molecule has 3 heteroatoms. The maximum absolute atomic E-state index is 5.45. The minimum atomic E-state index is 0.705. The van der Waals surface area contributed by atoms with E-state index in [4.69, 9.17) is 4.74 Å². The lowest BCUT2D eigenvalue weighted by atomic mass is 10.0. The molecule has 2 aliphatic rings. The Bertz CT molecular complexity index is 488. The average molecular weight is 316 g/mol. The largest absolute Gasteiger partial charge is 0.381 e. The second-order valence-corrected chi connectivity index (χ2v) is 7.31. The van der Waals surface area contributed by atoms with Gasteiger partial charge in [0.2, 0.25) is 0 Å². The summed E-state index contributed by atoms with van der Waals surface area (Å²) in [5.74, 6) is 0.822. The Hall–Kier alpha value is -1.06. The molecule has 3 nitrogen and oxygen atoms in total. The van der Waals surface area contributed by atoms with E-state index in [2.05, 4.69) is 42.3 Å². The molecule has 0 saturated carbocycles. The fourth-order valence-corrected chi connectivity index (χ4v) is 3.91. The summed E-state index contributed by atoms with van der Waals surface area (Å²) in [7, 11) is 0. The van der Waals surface area contributed by atoms with E-state index in [9.17, 15) is 0 Å². The van der Waals surface area contributed by atoms with Gasteiger partial charge in [0, 0.05) is 38.0 Å². The zero-order valence-corrected chi connectivity index (χ0v) is 14.8. The zero-order valence-electron chi connectivity index (χ0n) is 14.8. The summed E-state index contributed by atoms with van der Waals surface area (Å²) in [6.07, 6.45) is 6.42. The van der Waals surface area contributed by atoms with E-state index in [0.29, 0.717) is 6.04 Å². The number of nitrogens with one attached hydrogen (secondary N) is 1. The third-order valence-corrected chi connectivity index (χ3v) is 5.66. The number of anilines is 1. The maximum atomic E-state index is 5.45. The van der Waals surface area contributed by atoms with Gasteiger partial charge in [0.1, 0.15) is 0 Å². The van der Waals surface area contributed by atoms with Crippen LogP contribution >= 0.6 is 0 Å². The first-order chi connectivity index (χ1) is 11.2. The standard InChI is InChI=1S/C20H32N2O/c1-16-5-3-7-20(17(16)2)22-12-8-19(9-13-22)21-11-4-6-18-10-14-23-15-18/h3,5,7,18-19,21H,4,6,8-15H2,1-2H3/t18-/m1/s1. The molecule has 0 aromatic heterocycles. The summed E-state index contributed by atoms with van der Waals surface area (Å²) >= 11 is 0. The van der Waals surface area contributed by atoms with Crippen LogP contribution < -0.4 is 10.2 Å². The number of nitrogens with zero attached hydrogens (tertiary/aromatic N) is 1. The summed E-state index contributed by atoms with van der Waals surface area (Å²) < 4.78 is 5.45. The first kappa shape index (κ1) is 16.8. The second kappa shape index (κ2) is 8.16. The molecule has 23 heavy (non-hydrogen) atoms. The highest BCUT2D eigenvalue weighted by Crippen LogP contribution is 2.26. The van der Waals surface area contributed by atoms with Crippen LogP contribution in [0, 0.1) is 19.8 Å². The molecule has 2 aliphatic heterocycles. The van der Waals surface area contributed by atoms with Gasteiger partial charge in [-0.25, -0.2) is 0 Å². The van der Waals surface area contributed by atoms with Gasteiger partial charge < -0.3 is 15.0 Å². The molecule has 0 radical (unpaired) electrons. The Kier molecular flexibility index (Phi) is 5.96. The number of rotatable bonds is 6. The van der Waals surface area contributed by atoms with E-state index in [-0.39, 0.29) is 0 Å². The summed E-state index contributed by atoms with van der Waals surface area (Å²) in [6.45, 7) is 9.97. The molecule has 1 atom stereocenters. The van der Waals surface area contributed by atoms with Crippen molar-refractivity contribution < 1.29 is 4.74 Å². The monoisotopic (exact) mass is 316 g/mol. The average Bonchev–Trinajstić information content (AvgIpc) is 3.08. The predicted molar refractivity (Wildman–Crippen MR) is 97.3 cm³/mol. The Labute approximate surface area is 141 Å². The van der Waals surface area contributed by atoms with Crippen molar-refractivity contribution in [3.8, 4) is 0 Å². The highest BCUT2D eigenvalue weighted by Gasteiger charge is 2.20. The van der Waals surface area contributed by atoms with E-state index in [1.165, 1.54) is 68.6 Å².